The predicted molar refractivity (Wildman–Crippen MR) is 119 cm³/mol. The Kier molecular flexibility index (Phi) is 8.15. The van der Waals surface area contributed by atoms with Crippen LogP contribution in [0.1, 0.15) is 31.1 Å². The minimum atomic E-state index is -0.0452. The molecule has 1 atom stereocenters. The van der Waals surface area contributed by atoms with E-state index in [-0.39, 0.29) is 6.10 Å². The van der Waals surface area contributed by atoms with E-state index >= 15 is 0 Å². The molecule has 144 valence electrons. The number of ether oxygens (including phenoxy) is 1. The molecule has 3 heteroatoms. The summed E-state index contributed by atoms with van der Waals surface area (Å²) in [5.74, 6) is 0. The summed E-state index contributed by atoms with van der Waals surface area (Å²) >= 11 is 0. The normalized spacial score (nSPS) is 12.6. The van der Waals surface area contributed by atoms with Gasteiger partial charge in [0.15, 0.2) is 0 Å². The van der Waals surface area contributed by atoms with Gasteiger partial charge in [0.25, 0.3) is 0 Å². The zero-order chi connectivity index (χ0) is 19.6. The maximum Gasteiger partial charge on any atom is 0.101 e. The second-order valence-corrected chi connectivity index (χ2v) is 6.61. The van der Waals surface area contributed by atoms with Gasteiger partial charge in [0, 0.05) is 45.7 Å². The first-order valence-electron chi connectivity index (χ1n) is 9.59. The molecule has 0 radical (unpaired) electrons. The molecule has 0 N–H and O–H groups in total. The minimum Gasteiger partial charge on any atom is -0.375 e. The molecule has 0 amide bonds. The average molecular weight is 365 g/mol. The van der Waals surface area contributed by atoms with Gasteiger partial charge in [-0.05, 0) is 49.2 Å². The Morgan fingerprint density at radius 1 is 0.815 bits per heavy atom. The van der Waals surface area contributed by atoms with Gasteiger partial charge < -0.3 is 14.5 Å². The Hall–Kier alpha value is -2.52. The summed E-state index contributed by atoms with van der Waals surface area (Å²) in [4.78, 5) is 4.44. The van der Waals surface area contributed by atoms with Gasteiger partial charge in [0.2, 0.25) is 0 Å². The lowest BCUT2D eigenvalue weighted by Gasteiger charge is -2.18. The van der Waals surface area contributed by atoms with E-state index in [1.807, 2.05) is 6.08 Å². The number of rotatable bonds is 9. The zero-order valence-corrected chi connectivity index (χ0v) is 17.2. The highest BCUT2D eigenvalue weighted by molar-refractivity contribution is 5.56. The van der Waals surface area contributed by atoms with E-state index < -0.39 is 0 Å². The molecule has 0 saturated heterocycles. The third-order valence-electron chi connectivity index (χ3n) is 4.88. The minimum absolute atomic E-state index is 0.0452. The van der Waals surface area contributed by atoms with E-state index in [0.29, 0.717) is 0 Å². The topological polar surface area (TPSA) is 15.7 Å². The fourth-order valence-electron chi connectivity index (χ4n) is 2.78. The molecule has 0 aliphatic carbocycles. The Morgan fingerprint density at radius 3 is 1.81 bits per heavy atom. The molecule has 0 aliphatic heterocycles. The third-order valence-corrected chi connectivity index (χ3v) is 4.88. The number of anilines is 2. The van der Waals surface area contributed by atoms with Crippen molar-refractivity contribution in [2.75, 3.05) is 44.1 Å². The van der Waals surface area contributed by atoms with Crippen LogP contribution in [0, 0.1) is 0 Å². The van der Waals surface area contributed by atoms with Crippen LogP contribution in [-0.4, -0.2) is 34.3 Å². The highest BCUT2D eigenvalue weighted by Crippen LogP contribution is 2.22. The van der Waals surface area contributed by atoms with Crippen molar-refractivity contribution in [1.29, 1.82) is 0 Å². The van der Waals surface area contributed by atoms with Crippen molar-refractivity contribution in [3.8, 4) is 0 Å². The molecule has 0 saturated carbocycles. The van der Waals surface area contributed by atoms with Gasteiger partial charge in [0.1, 0.15) is 6.10 Å². The smallest absolute Gasteiger partial charge is 0.101 e. The van der Waals surface area contributed by atoms with Crippen LogP contribution in [0.4, 0.5) is 11.4 Å². The second kappa shape index (κ2) is 10.6. The third kappa shape index (κ3) is 6.00. The lowest BCUT2D eigenvalue weighted by molar-refractivity contribution is 0.143. The fourth-order valence-corrected chi connectivity index (χ4v) is 2.78. The largest absolute Gasteiger partial charge is 0.375 e. The molecule has 3 nitrogen and oxygen atoms in total. The average Bonchev–Trinajstić information content (AvgIpc) is 2.73. The Bertz CT molecular complexity index is 732. The van der Waals surface area contributed by atoms with E-state index in [4.69, 9.17) is 4.74 Å². The summed E-state index contributed by atoms with van der Waals surface area (Å²) in [6.07, 6.45) is 8.25. The molecular weight excluding hydrogens is 332 g/mol. The molecule has 0 heterocycles. The van der Waals surface area contributed by atoms with Crippen LogP contribution in [0.2, 0.25) is 0 Å². The van der Waals surface area contributed by atoms with Crippen molar-refractivity contribution in [2.24, 2.45) is 0 Å². The van der Waals surface area contributed by atoms with Gasteiger partial charge in [-0.3, -0.25) is 0 Å². The highest BCUT2D eigenvalue weighted by atomic mass is 16.5. The SMILES string of the molecule is CCN(C)c1ccc(/C=C/C=C/C(OC)c2ccc(N(C)CC)cc2)cc1. The van der Waals surface area contributed by atoms with Gasteiger partial charge in [0.05, 0.1) is 0 Å². The first kappa shape index (κ1) is 20.8. The molecule has 0 bridgehead atoms. The van der Waals surface area contributed by atoms with Gasteiger partial charge in [-0.1, -0.05) is 48.6 Å². The first-order valence-corrected chi connectivity index (χ1v) is 9.59. The molecular formula is C24H32N2O. The van der Waals surface area contributed by atoms with Crippen LogP contribution in [0.5, 0.6) is 0 Å². The number of hydrogen-bond acceptors (Lipinski definition) is 3. The van der Waals surface area contributed by atoms with Crippen LogP contribution in [0.3, 0.4) is 0 Å². The highest BCUT2D eigenvalue weighted by Gasteiger charge is 2.06. The lowest BCUT2D eigenvalue weighted by atomic mass is 10.1. The molecule has 0 aliphatic rings. The summed E-state index contributed by atoms with van der Waals surface area (Å²) < 4.78 is 5.63. The van der Waals surface area contributed by atoms with Crippen molar-refractivity contribution in [1.82, 2.24) is 0 Å². The molecule has 2 aromatic carbocycles. The van der Waals surface area contributed by atoms with Crippen molar-refractivity contribution >= 4 is 17.5 Å². The summed E-state index contributed by atoms with van der Waals surface area (Å²) in [6.45, 7) is 6.30. The van der Waals surface area contributed by atoms with Gasteiger partial charge >= 0.3 is 0 Å². The van der Waals surface area contributed by atoms with Crippen molar-refractivity contribution < 1.29 is 4.74 Å². The Labute approximate surface area is 164 Å². The maximum absolute atomic E-state index is 5.63. The molecule has 27 heavy (non-hydrogen) atoms. The Morgan fingerprint density at radius 2 is 1.33 bits per heavy atom. The first-order chi connectivity index (χ1) is 13.1. The number of methoxy groups -OCH3 is 1. The fraction of sp³-hybridized carbons (Fsp3) is 0.333. The summed E-state index contributed by atoms with van der Waals surface area (Å²) in [7, 11) is 5.94. The lowest BCUT2D eigenvalue weighted by Crippen LogP contribution is -2.15. The summed E-state index contributed by atoms with van der Waals surface area (Å²) in [5.41, 5.74) is 4.80. The summed E-state index contributed by atoms with van der Waals surface area (Å²) in [5, 5.41) is 0. The standard InChI is InChI=1S/C24H32N2O/c1-6-25(3)22-16-12-20(13-17-22)10-8-9-11-24(27-5)21-14-18-23(19-15-21)26(4)7-2/h8-19,24H,6-7H2,1-5H3/b10-8+,11-9+. The number of benzene rings is 2. The van der Waals surface area contributed by atoms with Crippen molar-refractivity contribution in [2.45, 2.75) is 20.0 Å². The van der Waals surface area contributed by atoms with Crippen LogP contribution in [0.15, 0.2) is 66.8 Å². The summed E-state index contributed by atoms with van der Waals surface area (Å²) in [6, 6.07) is 17.1. The van der Waals surface area contributed by atoms with E-state index in [0.717, 1.165) is 18.7 Å². The van der Waals surface area contributed by atoms with E-state index in [2.05, 4.69) is 105 Å². The van der Waals surface area contributed by atoms with Crippen molar-refractivity contribution in [3.63, 3.8) is 0 Å². The van der Waals surface area contributed by atoms with Crippen LogP contribution >= 0.6 is 0 Å². The van der Waals surface area contributed by atoms with Crippen molar-refractivity contribution in [3.05, 3.63) is 77.9 Å². The number of nitrogens with zero attached hydrogens (tertiary/aromatic N) is 2. The molecule has 1 unspecified atom stereocenters. The van der Waals surface area contributed by atoms with Crippen LogP contribution < -0.4 is 9.80 Å². The van der Waals surface area contributed by atoms with Crippen LogP contribution in [0.25, 0.3) is 6.08 Å². The quantitative estimate of drug-likeness (QED) is 0.542. The predicted octanol–water partition coefficient (Wildman–Crippen LogP) is 5.56. The number of hydrogen-bond donors (Lipinski definition) is 0. The van der Waals surface area contributed by atoms with Gasteiger partial charge in [-0.15, -0.1) is 0 Å². The van der Waals surface area contributed by atoms with E-state index in [1.165, 1.54) is 16.9 Å². The maximum atomic E-state index is 5.63. The van der Waals surface area contributed by atoms with Crippen LogP contribution in [-0.2, 0) is 4.74 Å². The zero-order valence-electron chi connectivity index (χ0n) is 17.2. The van der Waals surface area contributed by atoms with E-state index in [1.54, 1.807) is 7.11 Å². The molecule has 0 fully saturated rings. The monoisotopic (exact) mass is 364 g/mol. The van der Waals surface area contributed by atoms with Gasteiger partial charge in [-0.25, -0.2) is 0 Å². The van der Waals surface area contributed by atoms with E-state index in [9.17, 15) is 0 Å². The molecule has 0 aromatic heterocycles. The second-order valence-electron chi connectivity index (χ2n) is 6.61. The van der Waals surface area contributed by atoms with Gasteiger partial charge in [-0.2, -0.15) is 0 Å². The number of allylic oxidation sites excluding steroid dienone is 2. The Balaban J connectivity index is 1.99. The molecule has 0 spiro atoms. The molecule has 2 aromatic rings. The molecule has 2 rings (SSSR count).